The van der Waals surface area contributed by atoms with Gasteiger partial charge in [0, 0.05) is 17.3 Å². The number of halogens is 1. The number of aryl methyl sites for hydroxylation is 1. The van der Waals surface area contributed by atoms with Crippen molar-refractivity contribution in [3.63, 3.8) is 0 Å². The van der Waals surface area contributed by atoms with Crippen LogP contribution in [0.25, 0.3) is 0 Å². The van der Waals surface area contributed by atoms with Crippen LogP contribution in [0.5, 0.6) is 0 Å². The van der Waals surface area contributed by atoms with Gasteiger partial charge in [0.1, 0.15) is 5.82 Å². The topological polar surface area (TPSA) is 104 Å². The van der Waals surface area contributed by atoms with Crippen molar-refractivity contribution in [3.05, 3.63) is 59.4 Å². The molecule has 0 fully saturated rings. The maximum atomic E-state index is 13.5. The molecule has 0 aromatic heterocycles. The fraction of sp³-hybridized carbons (Fsp3) is 0.263. The molecule has 3 N–H and O–H groups in total. The summed E-state index contributed by atoms with van der Waals surface area (Å²) in [6, 6.07) is 9.38. The lowest BCUT2D eigenvalue weighted by molar-refractivity contribution is -0.115. The van der Waals surface area contributed by atoms with Crippen molar-refractivity contribution in [1.29, 1.82) is 0 Å². The molecule has 0 saturated heterocycles. The van der Waals surface area contributed by atoms with Crippen LogP contribution in [0.4, 0.5) is 10.1 Å². The van der Waals surface area contributed by atoms with Crippen molar-refractivity contribution in [2.75, 3.05) is 11.9 Å². The largest absolute Gasteiger partial charge is 0.343 e. The number of hydrogen-bond acceptors (Lipinski definition) is 4. The maximum Gasteiger partial charge on any atom is 0.251 e. The lowest BCUT2D eigenvalue weighted by atomic mass is 10.2. The van der Waals surface area contributed by atoms with E-state index < -0.39 is 27.7 Å². The predicted octanol–water partition coefficient (Wildman–Crippen LogP) is 2.19. The average molecular weight is 407 g/mol. The van der Waals surface area contributed by atoms with Crippen molar-refractivity contribution in [1.82, 2.24) is 10.0 Å². The van der Waals surface area contributed by atoms with Gasteiger partial charge in [-0.15, -0.1) is 0 Å². The van der Waals surface area contributed by atoms with Gasteiger partial charge in [0.25, 0.3) is 5.91 Å². The molecule has 0 aliphatic rings. The van der Waals surface area contributed by atoms with Gasteiger partial charge in [-0.1, -0.05) is 6.07 Å². The van der Waals surface area contributed by atoms with Crippen molar-refractivity contribution in [2.24, 2.45) is 0 Å². The minimum absolute atomic E-state index is 0.0388. The first kappa shape index (κ1) is 21.5. The van der Waals surface area contributed by atoms with Gasteiger partial charge in [0.15, 0.2) is 0 Å². The van der Waals surface area contributed by atoms with Gasteiger partial charge in [-0.25, -0.2) is 17.5 Å². The SMILES string of the molecule is Cc1ccc(NC(=O)CNC(=O)c2ccc(S(=O)(=O)NC(C)C)cc2)cc1F. The van der Waals surface area contributed by atoms with E-state index in [4.69, 9.17) is 0 Å². The number of hydrogen-bond donors (Lipinski definition) is 3. The Labute approximate surface area is 163 Å². The number of rotatable bonds is 7. The Morgan fingerprint density at radius 3 is 2.29 bits per heavy atom. The van der Waals surface area contributed by atoms with E-state index in [-0.39, 0.29) is 28.7 Å². The normalized spacial score (nSPS) is 11.3. The molecule has 28 heavy (non-hydrogen) atoms. The Bertz CT molecular complexity index is 973. The van der Waals surface area contributed by atoms with E-state index in [1.165, 1.54) is 36.4 Å². The highest BCUT2D eigenvalue weighted by atomic mass is 32.2. The molecule has 0 aliphatic carbocycles. The molecule has 0 saturated carbocycles. The van der Waals surface area contributed by atoms with Crippen LogP contribution < -0.4 is 15.4 Å². The second kappa shape index (κ2) is 8.94. The third-order valence-corrected chi connectivity index (χ3v) is 5.36. The quantitative estimate of drug-likeness (QED) is 0.654. The standard InChI is InChI=1S/C19H22FN3O4S/c1-12(2)23-28(26,27)16-8-5-14(6-9-16)19(25)21-11-18(24)22-15-7-4-13(3)17(20)10-15/h4-10,12,23H,11H2,1-3H3,(H,21,25)(H,22,24). The highest BCUT2D eigenvalue weighted by Crippen LogP contribution is 2.13. The summed E-state index contributed by atoms with van der Waals surface area (Å²) < 4.78 is 40.1. The number of carbonyl (C=O) groups excluding carboxylic acids is 2. The summed E-state index contributed by atoms with van der Waals surface area (Å²) in [6.45, 7) is 4.70. The highest BCUT2D eigenvalue weighted by Gasteiger charge is 2.16. The molecule has 0 heterocycles. The van der Waals surface area contributed by atoms with Gasteiger partial charge in [0.05, 0.1) is 11.4 Å². The van der Waals surface area contributed by atoms with Gasteiger partial charge in [0.2, 0.25) is 15.9 Å². The molecule has 0 spiro atoms. The van der Waals surface area contributed by atoms with Crippen LogP contribution in [0.1, 0.15) is 29.8 Å². The lowest BCUT2D eigenvalue weighted by Gasteiger charge is -2.10. The van der Waals surface area contributed by atoms with Crippen molar-refractivity contribution >= 4 is 27.5 Å². The first-order valence-corrected chi connectivity index (χ1v) is 10.0. The van der Waals surface area contributed by atoms with Crippen LogP contribution in [-0.4, -0.2) is 32.8 Å². The van der Waals surface area contributed by atoms with Crippen LogP contribution in [-0.2, 0) is 14.8 Å². The second-order valence-corrected chi connectivity index (χ2v) is 8.21. The van der Waals surface area contributed by atoms with E-state index in [1.807, 2.05) is 0 Å². The molecule has 0 radical (unpaired) electrons. The van der Waals surface area contributed by atoms with Gasteiger partial charge in [-0.2, -0.15) is 0 Å². The summed E-state index contributed by atoms with van der Waals surface area (Å²) in [6.07, 6.45) is 0. The minimum Gasteiger partial charge on any atom is -0.343 e. The zero-order valence-electron chi connectivity index (χ0n) is 15.7. The van der Waals surface area contributed by atoms with Gasteiger partial charge < -0.3 is 10.6 Å². The lowest BCUT2D eigenvalue weighted by Crippen LogP contribution is -2.33. The third kappa shape index (κ3) is 5.86. The molecule has 0 bridgehead atoms. The molecular weight excluding hydrogens is 385 g/mol. The Kier molecular flexibility index (Phi) is 6.87. The number of anilines is 1. The zero-order chi connectivity index (χ0) is 20.9. The maximum absolute atomic E-state index is 13.5. The Hall–Kier alpha value is -2.78. The first-order valence-electron chi connectivity index (χ1n) is 8.55. The van der Waals surface area contributed by atoms with Crippen LogP contribution >= 0.6 is 0 Å². The second-order valence-electron chi connectivity index (χ2n) is 6.50. The number of benzene rings is 2. The molecule has 150 valence electrons. The molecule has 2 amide bonds. The van der Waals surface area contributed by atoms with Crippen molar-refractivity contribution in [3.8, 4) is 0 Å². The summed E-state index contributed by atoms with van der Waals surface area (Å²) in [5.41, 5.74) is 0.951. The van der Waals surface area contributed by atoms with Crippen LogP contribution in [0, 0.1) is 12.7 Å². The first-order chi connectivity index (χ1) is 13.1. The predicted molar refractivity (Wildman–Crippen MR) is 104 cm³/mol. The molecule has 7 nitrogen and oxygen atoms in total. The summed E-state index contributed by atoms with van der Waals surface area (Å²) in [5.74, 6) is -1.49. The Morgan fingerprint density at radius 1 is 1.07 bits per heavy atom. The molecule has 2 aromatic rings. The molecule has 0 aliphatic heterocycles. The van der Waals surface area contributed by atoms with E-state index in [2.05, 4.69) is 15.4 Å². The molecule has 2 aromatic carbocycles. The van der Waals surface area contributed by atoms with Gasteiger partial charge >= 0.3 is 0 Å². The summed E-state index contributed by atoms with van der Waals surface area (Å²) in [7, 11) is -3.65. The summed E-state index contributed by atoms with van der Waals surface area (Å²) >= 11 is 0. The fourth-order valence-corrected chi connectivity index (χ4v) is 3.55. The van der Waals surface area contributed by atoms with Gasteiger partial charge in [-0.05, 0) is 62.7 Å². The number of carbonyl (C=O) groups is 2. The highest BCUT2D eigenvalue weighted by molar-refractivity contribution is 7.89. The van der Waals surface area contributed by atoms with Crippen molar-refractivity contribution in [2.45, 2.75) is 31.7 Å². The van der Waals surface area contributed by atoms with Crippen LogP contribution in [0.3, 0.4) is 0 Å². The molecule has 2 rings (SSSR count). The minimum atomic E-state index is -3.65. The molecule has 0 atom stereocenters. The molecule has 0 unspecified atom stereocenters. The van der Waals surface area contributed by atoms with Crippen LogP contribution in [0.15, 0.2) is 47.4 Å². The summed E-state index contributed by atoms with van der Waals surface area (Å²) in [5, 5.41) is 4.91. The van der Waals surface area contributed by atoms with E-state index >= 15 is 0 Å². The summed E-state index contributed by atoms with van der Waals surface area (Å²) in [4.78, 5) is 24.1. The number of nitrogens with one attached hydrogen (secondary N) is 3. The van der Waals surface area contributed by atoms with E-state index in [0.29, 0.717) is 5.56 Å². The monoisotopic (exact) mass is 407 g/mol. The van der Waals surface area contributed by atoms with E-state index in [9.17, 15) is 22.4 Å². The Morgan fingerprint density at radius 2 is 1.71 bits per heavy atom. The van der Waals surface area contributed by atoms with Crippen molar-refractivity contribution < 1.29 is 22.4 Å². The van der Waals surface area contributed by atoms with E-state index in [0.717, 1.165) is 0 Å². The Balaban J connectivity index is 1.93. The third-order valence-electron chi connectivity index (χ3n) is 3.68. The number of sulfonamides is 1. The average Bonchev–Trinajstić information content (AvgIpc) is 2.62. The van der Waals surface area contributed by atoms with E-state index in [1.54, 1.807) is 26.8 Å². The van der Waals surface area contributed by atoms with Gasteiger partial charge in [-0.3, -0.25) is 9.59 Å². The van der Waals surface area contributed by atoms with Crippen LogP contribution in [0.2, 0.25) is 0 Å². The number of amides is 2. The molecular formula is C19H22FN3O4S. The zero-order valence-corrected chi connectivity index (χ0v) is 16.6. The smallest absolute Gasteiger partial charge is 0.251 e. The fourth-order valence-electron chi connectivity index (χ4n) is 2.30. The molecule has 9 heteroatoms.